The number of rotatable bonds is 3. The molecule has 5 rings (SSSR count). The lowest BCUT2D eigenvalue weighted by molar-refractivity contribution is -0.129. The van der Waals surface area contributed by atoms with Crippen molar-refractivity contribution in [2.75, 3.05) is 19.6 Å². The Labute approximate surface area is 164 Å². The molecule has 4 fully saturated rings. The zero-order valence-corrected chi connectivity index (χ0v) is 15.9. The molecule has 28 heavy (non-hydrogen) atoms. The summed E-state index contributed by atoms with van der Waals surface area (Å²) in [6.45, 7) is 1.20. The molecule has 0 bridgehead atoms. The molecule has 4 aliphatic rings. The van der Waals surface area contributed by atoms with Gasteiger partial charge < -0.3 is 15.1 Å². The minimum atomic E-state index is -0.535. The molecular formula is C21H26N4O3. The third kappa shape index (κ3) is 2.93. The molecule has 7 heteroatoms. The fraction of sp³-hybridized carbons (Fsp3) is 0.571. The number of nitrogens with one attached hydrogen (secondary N) is 1. The van der Waals surface area contributed by atoms with Crippen molar-refractivity contribution in [1.82, 2.24) is 20.0 Å². The minimum absolute atomic E-state index is 0.0474. The summed E-state index contributed by atoms with van der Waals surface area (Å²) in [5, 5.41) is 3.09. The molecule has 2 saturated carbocycles. The molecule has 2 heterocycles. The highest BCUT2D eigenvalue weighted by molar-refractivity contribution is 6.05. The van der Waals surface area contributed by atoms with Gasteiger partial charge in [-0.25, -0.2) is 9.59 Å². The fourth-order valence-electron chi connectivity index (χ4n) is 4.97. The molecule has 0 radical (unpaired) electrons. The summed E-state index contributed by atoms with van der Waals surface area (Å²) < 4.78 is 0. The maximum Gasteiger partial charge on any atom is 0.327 e. The van der Waals surface area contributed by atoms with Gasteiger partial charge in [-0.15, -0.1) is 0 Å². The highest BCUT2D eigenvalue weighted by atomic mass is 16.2. The van der Waals surface area contributed by atoms with Gasteiger partial charge in [0.2, 0.25) is 0 Å². The lowest BCUT2D eigenvalue weighted by Gasteiger charge is -2.35. The quantitative estimate of drug-likeness (QED) is 0.814. The number of amides is 5. The van der Waals surface area contributed by atoms with Gasteiger partial charge in [0, 0.05) is 31.1 Å². The Hall–Kier alpha value is -2.57. The first-order valence-corrected chi connectivity index (χ1v) is 10.4. The summed E-state index contributed by atoms with van der Waals surface area (Å²) in [7, 11) is 0. The van der Waals surface area contributed by atoms with E-state index in [0.717, 1.165) is 32.1 Å². The molecule has 2 aliphatic carbocycles. The van der Waals surface area contributed by atoms with Crippen molar-refractivity contribution in [2.24, 2.45) is 0 Å². The number of carbonyl (C=O) groups excluding carboxylic acids is 3. The number of piperazine rings is 1. The summed E-state index contributed by atoms with van der Waals surface area (Å²) >= 11 is 0. The summed E-state index contributed by atoms with van der Waals surface area (Å²) in [6, 6.07) is 9.44. The van der Waals surface area contributed by atoms with Gasteiger partial charge in [0.1, 0.15) is 6.04 Å². The third-order valence-corrected chi connectivity index (χ3v) is 6.64. The number of nitrogens with zero attached hydrogens (tertiary/aromatic N) is 3. The van der Waals surface area contributed by atoms with E-state index in [0.29, 0.717) is 19.6 Å². The van der Waals surface area contributed by atoms with Crippen molar-refractivity contribution in [3.63, 3.8) is 0 Å². The Kier molecular flexibility index (Phi) is 4.25. The SMILES string of the molecule is O=C(NC1CCCC1)N1CCN2C(=O)N([C@H]3C[C@@H]3c3ccccc3)C(=O)[C@@H]2C1. The third-order valence-electron chi connectivity index (χ3n) is 6.64. The number of fused-ring (bicyclic) bond motifs is 1. The van der Waals surface area contributed by atoms with Crippen LogP contribution in [0.1, 0.15) is 43.6 Å². The molecule has 1 aromatic carbocycles. The van der Waals surface area contributed by atoms with Crippen LogP contribution in [0.3, 0.4) is 0 Å². The van der Waals surface area contributed by atoms with Crippen molar-refractivity contribution >= 4 is 18.0 Å². The largest absolute Gasteiger partial charge is 0.335 e. The smallest absolute Gasteiger partial charge is 0.327 e. The minimum Gasteiger partial charge on any atom is -0.335 e. The van der Waals surface area contributed by atoms with Gasteiger partial charge in [-0.1, -0.05) is 43.2 Å². The summed E-state index contributed by atoms with van der Waals surface area (Å²) in [5.41, 5.74) is 1.18. The van der Waals surface area contributed by atoms with Gasteiger partial charge in [0.15, 0.2) is 0 Å². The molecule has 1 N–H and O–H groups in total. The number of hydrogen-bond donors (Lipinski definition) is 1. The van der Waals surface area contributed by atoms with E-state index in [2.05, 4.69) is 17.4 Å². The molecule has 0 unspecified atom stereocenters. The second-order valence-corrected chi connectivity index (χ2v) is 8.40. The van der Waals surface area contributed by atoms with Crippen LogP contribution in [0.4, 0.5) is 9.59 Å². The molecule has 0 aromatic heterocycles. The molecule has 1 aromatic rings. The number of carbonyl (C=O) groups is 3. The van der Waals surface area contributed by atoms with Crippen LogP contribution < -0.4 is 5.32 Å². The Balaban J connectivity index is 1.25. The topological polar surface area (TPSA) is 73.0 Å². The van der Waals surface area contributed by atoms with Gasteiger partial charge in [-0.3, -0.25) is 9.69 Å². The standard InChI is InChI=1S/C21H26N4O3/c26-19-18-13-23(20(27)22-15-8-4-5-9-15)10-11-24(18)21(28)25(19)17-12-16(17)14-6-2-1-3-7-14/h1-3,6-7,15-18H,4-5,8-13H2,(H,22,27)/t16-,17+,18+/m1/s1. The zero-order chi connectivity index (χ0) is 19.3. The second-order valence-electron chi connectivity index (χ2n) is 8.40. The number of imide groups is 1. The predicted octanol–water partition coefficient (Wildman–Crippen LogP) is 2.14. The summed E-state index contributed by atoms with van der Waals surface area (Å²) in [4.78, 5) is 43.3. The monoisotopic (exact) mass is 382 g/mol. The number of hydrogen-bond acceptors (Lipinski definition) is 3. The normalized spacial score (nSPS) is 30.0. The van der Waals surface area contributed by atoms with E-state index in [-0.39, 0.29) is 36.0 Å². The lowest BCUT2D eigenvalue weighted by atomic mass is 10.1. The maximum absolute atomic E-state index is 13.0. The highest BCUT2D eigenvalue weighted by Gasteiger charge is 2.56. The first-order chi connectivity index (χ1) is 13.6. The van der Waals surface area contributed by atoms with E-state index in [1.165, 1.54) is 10.5 Å². The molecule has 2 aliphatic heterocycles. The van der Waals surface area contributed by atoms with Crippen LogP contribution in [0, 0.1) is 0 Å². The highest BCUT2D eigenvalue weighted by Crippen LogP contribution is 2.46. The van der Waals surface area contributed by atoms with E-state index >= 15 is 0 Å². The van der Waals surface area contributed by atoms with Gasteiger partial charge in [0.25, 0.3) is 5.91 Å². The van der Waals surface area contributed by atoms with Crippen LogP contribution in [-0.2, 0) is 4.79 Å². The molecule has 7 nitrogen and oxygen atoms in total. The van der Waals surface area contributed by atoms with Crippen LogP contribution in [-0.4, -0.2) is 70.4 Å². The first kappa shape index (κ1) is 17.5. The lowest BCUT2D eigenvalue weighted by Crippen LogP contribution is -2.57. The average molecular weight is 382 g/mol. The van der Waals surface area contributed by atoms with Crippen LogP contribution in [0.15, 0.2) is 30.3 Å². The van der Waals surface area contributed by atoms with E-state index in [4.69, 9.17) is 0 Å². The van der Waals surface area contributed by atoms with Crippen molar-refractivity contribution in [1.29, 1.82) is 0 Å². The molecule has 5 amide bonds. The van der Waals surface area contributed by atoms with E-state index in [1.807, 2.05) is 18.2 Å². The van der Waals surface area contributed by atoms with Crippen molar-refractivity contribution in [3.8, 4) is 0 Å². The Morgan fingerprint density at radius 3 is 2.54 bits per heavy atom. The molecule has 148 valence electrons. The summed E-state index contributed by atoms with van der Waals surface area (Å²) in [5.74, 6) is 0.0871. The van der Waals surface area contributed by atoms with Crippen LogP contribution in [0.5, 0.6) is 0 Å². The second kappa shape index (κ2) is 6.79. The van der Waals surface area contributed by atoms with E-state index < -0.39 is 6.04 Å². The van der Waals surface area contributed by atoms with Crippen LogP contribution >= 0.6 is 0 Å². The van der Waals surface area contributed by atoms with Crippen LogP contribution in [0.2, 0.25) is 0 Å². The van der Waals surface area contributed by atoms with Gasteiger partial charge >= 0.3 is 12.1 Å². The zero-order valence-electron chi connectivity index (χ0n) is 15.9. The summed E-state index contributed by atoms with van der Waals surface area (Å²) in [6.07, 6.45) is 5.21. The Morgan fingerprint density at radius 2 is 1.79 bits per heavy atom. The van der Waals surface area contributed by atoms with Gasteiger partial charge in [-0.2, -0.15) is 0 Å². The van der Waals surface area contributed by atoms with Gasteiger partial charge in [-0.05, 0) is 24.8 Å². The van der Waals surface area contributed by atoms with Crippen LogP contribution in [0.25, 0.3) is 0 Å². The van der Waals surface area contributed by atoms with E-state index in [1.54, 1.807) is 9.80 Å². The average Bonchev–Trinajstić information content (AvgIpc) is 3.24. The molecule has 0 spiro atoms. The number of urea groups is 2. The van der Waals surface area contributed by atoms with E-state index in [9.17, 15) is 14.4 Å². The molecular weight excluding hydrogens is 356 g/mol. The molecule has 2 saturated heterocycles. The van der Waals surface area contributed by atoms with Gasteiger partial charge in [0.05, 0.1) is 6.54 Å². The first-order valence-electron chi connectivity index (χ1n) is 10.4. The number of benzene rings is 1. The predicted molar refractivity (Wildman–Crippen MR) is 103 cm³/mol. The Morgan fingerprint density at radius 1 is 1.04 bits per heavy atom. The van der Waals surface area contributed by atoms with Crippen molar-refractivity contribution in [3.05, 3.63) is 35.9 Å². The maximum atomic E-state index is 13.0. The van der Waals surface area contributed by atoms with Crippen molar-refractivity contribution in [2.45, 2.75) is 56.1 Å². The van der Waals surface area contributed by atoms with Crippen molar-refractivity contribution < 1.29 is 14.4 Å². The Bertz CT molecular complexity index is 792. The fourth-order valence-corrected chi connectivity index (χ4v) is 4.97. The molecule has 3 atom stereocenters.